The van der Waals surface area contributed by atoms with Crippen LogP contribution < -0.4 is 4.74 Å². The minimum atomic E-state index is -3.65. The lowest BCUT2D eigenvalue weighted by Gasteiger charge is -2.25. The first-order chi connectivity index (χ1) is 13.9. The Labute approximate surface area is 180 Å². The summed E-state index contributed by atoms with van der Waals surface area (Å²) in [6.07, 6.45) is -0.262. The van der Waals surface area contributed by atoms with E-state index in [0.717, 1.165) is 0 Å². The fourth-order valence-corrected chi connectivity index (χ4v) is 3.04. The third kappa shape index (κ3) is 7.05. The van der Waals surface area contributed by atoms with Gasteiger partial charge < -0.3 is 9.47 Å². The molecule has 0 heterocycles. The molecule has 0 atom stereocenters. The fourth-order valence-electron chi connectivity index (χ4n) is 2.43. The van der Waals surface area contributed by atoms with Crippen LogP contribution in [0.1, 0.15) is 40.2 Å². The highest BCUT2D eigenvalue weighted by atomic mass is 35.5. The van der Waals surface area contributed by atoms with Crippen LogP contribution in [0.15, 0.2) is 53.9 Å². The lowest BCUT2D eigenvalue weighted by Crippen LogP contribution is -2.40. The molecule has 156 valence electrons. The first-order valence-corrected chi connectivity index (χ1v) is 10.2. The van der Waals surface area contributed by atoms with E-state index in [1.54, 1.807) is 76.2 Å². The number of rotatable bonds is 8. The summed E-state index contributed by atoms with van der Waals surface area (Å²) < 4.78 is 44.0. The Morgan fingerprint density at radius 3 is 2.10 bits per heavy atom. The molecule has 0 amide bonds. The maximum atomic E-state index is 13.1. The van der Waals surface area contributed by atoms with Crippen molar-refractivity contribution in [3.8, 4) is 5.75 Å². The molecule has 2 rings (SSSR count). The molecule has 2 aromatic rings. The Morgan fingerprint density at radius 2 is 1.62 bits per heavy atom. The first-order valence-electron chi connectivity index (χ1n) is 9.40. The molecular weight excluding hydrogens is 418 g/mol. The molecule has 0 aromatic heterocycles. The minimum Gasteiger partial charge on any atom is -0.476 e. The number of carbonyl (C=O) groups is 1. The van der Waals surface area contributed by atoms with Crippen LogP contribution >= 0.6 is 23.4 Å². The lowest BCUT2D eigenvalue weighted by molar-refractivity contribution is -0.163. The summed E-state index contributed by atoms with van der Waals surface area (Å²) in [5.74, 6) is -0.0595. The van der Waals surface area contributed by atoms with Crippen molar-refractivity contribution in [2.24, 2.45) is 0 Å². The van der Waals surface area contributed by atoms with Crippen LogP contribution in [0.25, 0.3) is 5.57 Å². The van der Waals surface area contributed by atoms with Gasteiger partial charge in [0, 0.05) is 5.02 Å². The van der Waals surface area contributed by atoms with Gasteiger partial charge in [-0.1, -0.05) is 47.6 Å². The van der Waals surface area contributed by atoms with Gasteiger partial charge in [-0.3, -0.25) is 0 Å². The molecule has 0 aliphatic carbocycles. The monoisotopic (exact) mass is 441 g/mol. The molecule has 0 bridgehead atoms. The zero-order chi connectivity index (χ0) is 22.5. The number of hydrogen-bond donors (Lipinski definition) is 0. The Kier molecular flexibility index (Phi) is 7.56. The third-order valence-electron chi connectivity index (χ3n) is 3.79. The number of alkyl halides is 2. The van der Waals surface area contributed by atoms with Gasteiger partial charge in [0.05, 0.1) is 6.10 Å². The molecule has 0 N–H and O–H groups in total. The summed E-state index contributed by atoms with van der Waals surface area (Å²) in [6.45, 7) is 6.73. The fraction of sp³-hybridized carbons (Fsp3) is 0.318. The Morgan fingerprint density at radius 1 is 1.10 bits per heavy atom. The van der Waals surface area contributed by atoms with Crippen molar-refractivity contribution in [3.63, 3.8) is 0 Å². The predicted molar refractivity (Wildman–Crippen MR) is 115 cm³/mol. The van der Waals surface area contributed by atoms with Gasteiger partial charge in [-0.15, -0.1) is 0 Å². The highest BCUT2D eigenvalue weighted by Crippen LogP contribution is 2.31. The summed E-state index contributed by atoms with van der Waals surface area (Å²) in [7, 11) is 0. The molecular formula is C22H23ClF2O3S. The number of esters is 1. The summed E-state index contributed by atoms with van der Waals surface area (Å²) in [5, 5.41) is 1.77. The average molecular weight is 442 g/mol. The lowest BCUT2D eigenvalue weighted by atomic mass is 9.99. The van der Waals surface area contributed by atoms with E-state index in [0.29, 0.717) is 27.5 Å². The van der Waals surface area contributed by atoms with E-state index in [-0.39, 0.29) is 17.9 Å². The molecule has 0 spiro atoms. The van der Waals surface area contributed by atoms with Crippen molar-refractivity contribution in [1.29, 1.82) is 0 Å². The normalized spacial score (nSPS) is 13.2. The van der Waals surface area contributed by atoms with Gasteiger partial charge in [0.15, 0.2) is 5.60 Å². The maximum absolute atomic E-state index is 13.1. The number of carbonyl (C=O) groups excluding carboxylic acids is 1. The topological polar surface area (TPSA) is 35.5 Å². The van der Waals surface area contributed by atoms with Crippen molar-refractivity contribution in [3.05, 3.63) is 70.1 Å². The van der Waals surface area contributed by atoms with Gasteiger partial charge in [0.1, 0.15) is 7.12 Å². The first kappa shape index (κ1) is 21.7. The van der Waals surface area contributed by atoms with Crippen molar-refractivity contribution < 1.29 is 24.4 Å². The van der Waals surface area contributed by atoms with E-state index in [1.807, 2.05) is 0 Å². The standard InChI is InChI=1S/C22H23ClF2O3S/c1-14(2)27-20(26)22(3,4)28-18-11-7-16(8-12-18)19(13-29-21(24)25)15-5-9-17(23)10-6-15/h5-14,21H,1-4H3/i21D. The minimum absolute atomic E-state index is 0.105. The molecule has 0 saturated carbocycles. The number of halogens is 3. The smallest absolute Gasteiger partial charge is 0.350 e. The number of thioether (sulfide) groups is 1. The molecule has 29 heavy (non-hydrogen) atoms. The second-order valence-corrected chi connectivity index (χ2v) is 8.19. The van der Waals surface area contributed by atoms with Crippen LogP contribution in [0, 0.1) is 0 Å². The molecule has 2 aromatic carbocycles. The third-order valence-corrected chi connectivity index (χ3v) is 4.58. The highest BCUT2D eigenvalue weighted by molar-refractivity contribution is 8.02. The van der Waals surface area contributed by atoms with Crippen molar-refractivity contribution in [2.75, 3.05) is 0 Å². The molecule has 0 aliphatic rings. The van der Waals surface area contributed by atoms with Crippen LogP contribution in [0.4, 0.5) is 8.78 Å². The number of ether oxygens (including phenoxy) is 2. The molecule has 3 nitrogen and oxygen atoms in total. The van der Waals surface area contributed by atoms with E-state index < -0.39 is 17.3 Å². The van der Waals surface area contributed by atoms with E-state index in [1.165, 1.54) is 5.41 Å². The van der Waals surface area contributed by atoms with Crippen LogP contribution in [0.5, 0.6) is 5.75 Å². The van der Waals surface area contributed by atoms with E-state index in [9.17, 15) is 13.6 Å². The van der Waals surface area contributed by atoms with Crippen LogP contribution in [-0.2, 0) is 9.53 Å². The second-order valence-electron chi connectivity index (χ2n) is 6.97. The van der Waals surface area contributed by atoms with E-state index in [2.05, 4.69) is 0 Å². The summed E-state index contributed by atoms with van der Waals surface area (Å²) >= 11 is 6.03. The molecule has 0 saturated heterocycles. The van der Waals surface area contributed by atoms with Gasteiger partial charge >= 0.3 is 5.97 Å². The summed E-state index contributed by atoms with van der Waals surface area (Å²) in [4.78, 5) is 12.2. The Hall–Kier alpha value is -2.05. The van der Waals surface area contributed by atoms with Crippen LogP contribution in [0.2, 0.25) is 5.02 Å². The highest BCUT2D eigenvalue weighted by Gasteiger charge is 2.32. The number of hydrogen-bond acceptors (Lipinski definition) is 4. The van der Waals surface area contributed by atoms with E-state index in [4.69, 9.17) is 22.4 Å². The van der Waals surface area contributed by atoms with Gasteiger partial charge in [-0.2, -0.15) is 8.78 Å². The van der Waals surface area contributed by atoms with Gasteiger partial charge in [-0.05, 0) is 74.1 Å². The molecule has 7 heteroatoms. The van der Waals surface area contributed by atoms with E-state index >= 15 is 0 Å². The van der Waals surface area contributed by atoms with Gasteiger partial charge in [-0.25, -0.2) is 4.79 Å². The average Bonchev–Trinajstić information content (AvgIpc) is 2.63. The van der Waals surface area contributed by atoms with Crippen molar-refractivity contribution >= 4 is 34.9 Å². The summed E-state index contributed by atoms with van der Waals surface area (Å²) in [6, 6.07) is 13.4. The zero-order valence-electron chi connectivity index (χ0n) is 17.5. The van der Waals surface area contributed by atoms with Crippen molar-refractivity contribution in [2.45, 2.75) is 45.1 Å². The SMILES string of the molecule is [2H]C(F)(F)SC=C(c1ccc(Cl)cc1)c1ccc(OC(C)(C)C(=O)OC(C)C)cc1. The summed E-state index contributed by atoms with van der Waals surface area (Å²) in [5.41, 5.74) is -3.02. The van der Waals surface area contributed by atoms with Gasteiger partial charge in [0.2, 0.25) is 0 Å². The largest absolute Gasteiger partial charge is 0.476 e. The van der Waals surface area contributed by atoms with Crippen LogP contribution in [-0.4, -0.2) is 23.4 Å². The van der Waals surface area contributed by atoms with Crippen LogP contribution in [0.3, 0.4) is 0 Å². The zero-order valence-corrected chi connectivity index (χ0v) is 18.1. The number of benzene rings is 2. The molecule has 0 radical (unpaired) electrons. The molecule has 0 fully saturated rings. The predicted octanol–water partition coefficient (Wildman–Crippen LogP) is 6.79. The van der Waals surface area contributed by atoms with Crippen molar-refractivity contribution in [1.82, 2.24) is 0 Å². The van der Waals surface area contributed by atoms with Gasteiger partial charge in [0.25, 0.3) is 5.73 Å². The Balaban J connectivity index is 2.29. The molecule has 0 aliphatic heterocycles. The maximum Gasteiger partial charge on any atom is 0.350 e. The quantitative estimate of drug-likeness (QED) is 0.422. The molecule has 0 unspecified atom stereocenters. The Bertz CT molecular complexity index is 892. The second kappa shape index (κ2) is 10.1.